The van der Waals surface area contributed by atoms with E-state index >= 15 is 0 Å². The minimum Gasteiger partial charge on any atom is -0.354 e. The van der Waals surface area contributed by atoms with Crippen LogP contribution in [0.4, 0.5) is 0 Å². The van der Waals surface area contributed by atoms with Gasteiger partial charge >= 0.3 is 0 Å². The Morgan fingerprint density at radius 3 is 2.72 bits per heavy atom. The number of nitrogens with one attached hydrogen (secondary N) is 1. The smallest absolute Gasteiger partial charge is 0.274 e. The highest BCUT2D eigenvalue weighted by Gasteiger charge is 2.27. The number of aromatic nitrogens is 2. The standard InChI is InChI=1S/C18H20N4O3/c1-13-11-16(23)19-9-10-21(13)18(25)15-7-8-17(24)22(20-15)12-14-5-3-2-4-6-14/h2-8,13H,9-12H2,1H3,(H,19,23). The summed E-state index contributed by atoms with van der Waals surface area (Å²) in [5, 5.41) is 6.99. The molecule has 1 aliphatic rings. The van der Waals surface area contributed by atoms with Crippen LogP contribution in [0.25, 0.3) is 0 Å². The van der Waals surface area contributed by atoms with Crippen LogP contribution < -0.4 is 10.9 Å². The average Bonchev–Trinajstić information content (AvgIpc) is 2.77. The van der Waals surface area contributed by atoms with Crippen LogP contribution in [0.3, 0.4) is 0 Å². The summed E-state index contributed by atoms with van der Waals surface area (Å²) in [5.74, 6) is -0.337. The molecule has 1 aliphatic heterocycles. The van der Waals surface area contributed by atoms with E-state index < -0.39 is 0 Å². The second kappa shape index (κ2) is 7.29. The zero-order chi connectivity index (χ0) is 17.8. The fourth-order valence-electron chi connectivity index (χ4n) is 2.87. The molecule has 0 spiro atoms. The van der Waals surface area contributed by atoms with Crippen molar-refractivity contribution in [2.45, 2.75) is 25.9 Å². The monoisotopic (exact) mass is 340 g/mol. The zero-order valence-electron chi connectivity index (χ0n) is 14.0. The second-order valence-electron chi connectivity index (χ2n) is 6.10. The van der Waals surface area contributed by atoms with Crippen LogP contribution in [0.15, 0.2) is 47.3 Å². The van der Waals surface area contributed by atoms with Crippen LogP contribution in [0.5, 0.6) is 0 Å². The molecule has 3 rings (SSSR count). The van der Waals surface area contributed by atoms with Crippen molar-refractivity contribution in [1.29, 1.82) is 0 Å². The molecular weight excluding hydrogens is 320 g/mol. The highest BCUT2D eigenvalue weighted by molar-refractivity contribution is 5.93. The van der Waals surface area contributed by atoms with Gasteiger partial charge in [-0.25, -0.2) is 4.68 Å². The average molecular weight is 340 g/mol. The van der Waals surface area contributed by atoms with Gasteiger partial charge < -0.3 is 10.2 Å². The lowest BCUT2D eigenvalue weighted by Gasteiger charge is -2.25. The van der Waals surface area contributed by atoms with Crippen LogP contribution in [-0.4, -0.2) is 45.6 Å². The molecule has 0 bridgehead atoms. The molecule has 2 amide bonds. The summed E-state index contributed by atoms with van der Waals surface area (Å²) in [5.41, 5.74) is 0.873. The van der Waals surface area contributed by atoms with Gasteiger partial charge in [0.2, 0.25) is 5.91 Å². The molecule has 0 aliphatic carbocycles. The Hall–Kier alpha value is -2.96. The third kappa shape index (κ3) is 3.93. The molecule has 1 unspecified atom stereocenters. The zero-order valence-corrected chi connectivity index (χ0v) is 14.0. The summed E-state index contributed by atoms with van der Waals surface area (Å²) >= 11 is 0. The second-order valence-corrected chi connectivity index (χ2v) is 6.10. The van der Waals surface area contributed by atoms with Crippen LogP contribution in [-0.2, 0) is 11.3 Å². The highest BCUT2D eigenvalue weighted by Crippen LogP contribution is 2.11. The van der Waals surface area contributed by atoms with E-state index in [9.17, 15) is 14.4 Å². The van der Waals surface area contributed by atoms with Gasteiger partial charge in [0.15, 0.2) is 0 Å². The van der Waals surface area contributed by atoms with Crippen molar-refractivity contribution in [3.63, 3.8) is 0 Å². The minimum atomic E-state index is -0.272. The van der Waals surface area contributed by atoms with E-state index in [0.717, 1.165) is 5.56 Å². The Labute approximate surface area is 145 Å². The van der Waals surface area contributed by atoms with E-state index in [-0.39, 0.29) is 35.5 Å². The van der Waals surface area contributed by atoms with Gasteiger partial charge in [-0.05, 0) is 18.6 Å². The van der Waals surface area contributed by atoms with Crippen molar-refractivity contribution in [2.75, 3.05) is 13.1 Å². The van der Waals surface area contributed by atoms with E-state index in [1.165, 1.54) is 16.8 Å². The summed E-state index contributed by atoms with van der Waals surface area (Å²) in [6.07, 6.45) is 0.259. The number of rotatable bonds is 3. The number of benzene rings is 1. The first-order chi connectivity index (χ1) is 12.0. The third-order valence-corrected chi connectivity index (χ3v) is 4.21. The van der Waals surface area contributed by atoms with Crippen LogP contribution in [0, 0.1) is 0 Å². The first-order valence-corrected chi connectivity index (χ1v) is 8.24. The number of nitrogens with zero attached hydrogens (tertiary/aromatic N) is 3. The Kier molecular flexibility index (Phi) is 4.92. The Bertz CT molecular complexity index is 832. The van der Waals surface area contributed by atoms with E-state index in [4.69, 9.17) is 0 Å². The third-order valence-electron chi connectivity index (χ3n) is 4.21. The molecule has 1 N–H and O–H groups in total. The molecule has 2 aromatic rings. The topological polar surface area (TPSA) is 84.3 Å². The predicted molar refractivity (Wildman–Crippen MR) is 92.2 cm³/mol. The molecular formula is C18H20N4O3. The van der Waals surface area contributed by atoms with Gasteiger partial charge in [-0.3, -0.25) is 14.4 Å². The first kappa shape index (κ1) is 16.9. The minimum absolute atomic E-state index is 0.0650. The van der Waals surface area contributed by atoms with Crippen LogP contribution >= 0.6 is 0 Å². The normalized spacial score (nSPS) is 17.7. The van der Waals surface area contributed by atoms with Gasteiger partial charge in [-0.1, -0.05) is 30.3 Å². The van der Waals surface area contributed by atoms with Gasteiger partial charge in [0.1, 0.15) is 5.69 Å². The summed E-state index contributed by atoms with van der Waals surface area (Å²) in [6, 6.07) is 12.1. The SMILES string of the molecule is CC1CC(=O)NCCN1C(=O)c1ccc(=O)n(Cc2ccccc2)n1. The largest absolute Gasteiger partial charge is 0.354 e. The van der Waals surface area contributed by atoms with Gasteiger partial charge in [-0.15, -0.1) is 0 Å². The van der Waals surface area contributed by atoms with Crippen LogP contribution in [0.1, 0.15) is 29.4 Å². The molecule has 7 heteroatoms. The molecule has 25 heavy (non-hydrogen) atoms. The number of hydrogen-bond acceptors (Lipinski definition) is 4. The molecule has 2 heterocycles. The number of carbonyl (C=O) groups is 2. The lowest BCUT2D eigenvalue weighted by Crippen LogP contribution is -2.41. The Balaban J connectivity index is 1.84. The van der Waals surface area contributed by atoms with Crippen molar-refractivity contribution < 1.29 is 9.59 Å². The molecule has 0 saturated carbocycles. The highest BCUT2D eigenvalue weighted by atomic mass is 16.2. The van der Waals surface area contributed by atoms with Crippen molar-refractivity contribution in [1.82, 2.24) is 20.0 Å². The summed E-state index contributed by atoms with van der Waals surface area (Å²) < 4.78 is 1.29. The number of carbonyl (C=O) groups excluding carboxylic acids is 2. The number of amides is 2. The summed E-state index contributed by atoms with van der Waals surface area (Å²) in [4.78, 5) is 38.1. The maximum absolute atomic E-state index is 12.8. The van der Waals surface area contributed by atoms with E-state index in [1.54, 1.807) is 4.90 Å². The van der Waals surface area contributed by atoms with Crippen LogP contribution in [0.2, 0.25) is 0 Å². The fourth-order valence-corrected chi connectivity index (χ4v) is 2.87. The Morgan fingerprint density at radius 2 is 1.96 bits per heavy atom. The molecule has 7 nitrogen and oxygen atoms in total. The molecule has 130 valence electrons. The van der Waals surface area contributed by atoms with Crippen molar-refractivity contribution in [3.05, 3.63) is 64.1 Å². The molecule has 1 aromatic heterocycles. The molecule has 1 fully saturated rings. The van der Waals surface area contributed by atoms with E-state index in [1.807, 2.05) is 37.3 Å². The first-order valence-electron chi connectivity index (χ1n) is 8.24. The van der Waals surface area contributed by atoms with Crippen molar-refractivity contribution in [3.8, 4) is 0 Å². The molecule has 1 atom stereocenters. The lowest BCUT2D eigenvalue weighted by molar-refractivity contribution is -0.121. The fraction of sp³-hybridized carbons (Fsp3) is 0.333. The van der Waals surface area contributed by atoms with Gasteiger partial charge in [0.05, 0.1) is 6.54 Å². The molecule has 1 aromatic carbocycles. The van der Waals surface area contributed by atoms with Crippen molar-refractivity contribution >= 4 is 11.8 Å². The number of hydrogen-bond donors (Lipinski definition) is 1. The summed E-state index contributed by atoms with van der Waals surface area (Å²) in [6.45, 7) is 2.98. The maximum Gasteiger partial charge on any atom is 0.274 e. The van der Waals surface area contributed by atoms with Gasteiger partial charge in [-0.2, -0.15) is 5.10 Å². The lowest BCUT2D eigenvalue weighted by atomic mass is 10.2. The molecule has 1 saturated heterocycles. The van der Waals surface area contributed by atoms with Gasteiger partial charge in [0, 0.05) is 31.6 Å². The predicted octanol–water partition coefficient (Wildman–Crippen LogP) is 0.642. The molecule has 0 radical (unpaired) electrons. The Morgan fingerprint density at radius 1 is 1.20 bits per heavy atom. The van der Waals surface area contributed by atoms with Gasteiger partial charge in [0.25, 0.3) is 11.5 Å². The summed E-state index contributed by atoms with van der Waals surface area (Å²) in [7, 11) is 0. The van der Waals surface area contributed by atoms with Crippen molar-refractivity contribution in [2.24, 2.45) is 0 Å². The quantitative estimate of drug-likeness (QED) is 0.889. The van der Waals surface area contributed by atoms with E-state index in [0.29, 0.717) is 19.6 Å². The maximum atomic E-state index is 12.8. The van der Waals surface area contributed by atoms with E-state index in [2.05, 4.69) is 10.4 Å².